The molecule has 0 spiro atoms. The third-order valence-electron chi connectivity index (χ3n) is 3.69. The quantitative estimate of drug-likeness (QED) is 0.725. The van der Waals surface area contributed by atoms with Crippen molar-refractivity contribution in [1.82, 2.24) is 0 Å². The first-order chi connectivity index (χ1) is 10.2. The first kappa shape index (κ1) is 15.3. The van der Waals surface area contributed by atoms with Gasteiger partial charge in [0.15, 0.2) is 5.78 Å². The maximum Gasteiger partial charge on any atom is 0.193 e. The van der Waals surface area contributed by atoms with Gasteiger partial charge in [-0.15, -0.1) is 0 Å². The largest absolute Gasteiger partial charge is 0.496 e. The fraction of sp³-hybridized carbons (Fsp3) is 0.316. The second-order valence-corrected chi connectivity index (χ2v) is 5.31. The minimum absolute atomic E-state index is 0.0581. The molecule has 2 aromatic rings. The predicted molar refractivity (Wildman–Crippen MR) is 86.2 cm³/mol. The van der Waals surface area contributed by atoms with E-state index in [9.17, 15) is 4.79 Å². The number of hydrogen-bond acceptors (Lipinski definition) is 2. The average Bonchev–Trinajstić information content (AvgIpc) is 2.52. The summed E-state index contributed by atoms with van der Waals surface area (Å²) >= 11 is 0. The Hall–Kier alpha value is -2.09. The molecular formula is C19H22O2. The van der Waals surface area contributed by atoms with Crippen LogP contribution in [0.25, 0.3) is 0 Å². The van der Waals surface area contributed by atoms with E-state index in [0.29, 0.717) is 5.56 Å². The zero-order valence-electron chi connectivity index (χ0n) is 13.0. The predicted octanol–water partition coefficient (Wildman–Crippen LogP) is 4.58. The maximum absolute atomic E-state index is 12.5. The van der Waals surface area contributed by atoms with Crippen LogP contribution in [-0.4, -0.2) is 12.9 Å². The molecule has 0 amide bonds. The second-order valence-electron chi connectivity index (χ2n) is 5.31. The van der Waals surface area contributed by atoms with Crippen LogP contribution in [0.15, 0.2) is 42.5 Å². The van der Waals surface area contributed by atoms with E-state index in [4.69, 9.17) is 4.74 Å². The van der Waals surface area contributed by atoms with Crippen LogP contribution in [0.3, 0.4) is 0 Å². The molecule has 0 radical (unpaired) electrons. The highest BCUT2D eigenvalue weighted by atomic mass is 16.5. The molecule has 0 aliphatic rings. The van der Waals surface area contributed by atoms with Gasteiger partial charge in [0, 0.05) is 11.1 Å². The second kappa shape index (κ2) is 7.07. The van der Waals surface area contributed by atoms with E-state index in [1.54, 1.807) is 7.11 Å². The van der Waals surface area contributed by atoms with Gasteiger partial charge < -0.3 is 4.74 Å². The Morgan fingerprint density at radius 1 is 1.05 bits per heavy atom. The molecule has 0 unspecified atom stereocenters. The van der Waals surface area contributed by atoms with Gasteiger partial charge in [-0.1, -0.05) is 37.6 Å². The lowest BCUT2D eigenvalue weighted by Crippen LogP contribution is -2.02. The van der Waals surface area contributed by atoms with Gasteiger partial charge in [0.25, 0.3) is 0 Å². The molecule has 0 bridgehead atoms. The Kier molecular flexibility index (Phi) is 5.15. The molecule has 0 saturated carbocycles. The van der Waals surface area contributed by atoms with Crippen molar-refractivity contribution < 1.29 is 9.53 Å². The van der Waals surface area contributed by atoms with Crippen molar-refractivity contribution >= 4 is 5.78 Å². The van der Waals surface area contributed by atoms with Gasteiger partial charge in [-0.3, -0.25) is 4.79 Å². The molecule has 0 saturated heterocycles. The molecule has 0 atom stereocenters. The fourth-order valence-corrected chi connectivity index (χ4v) is 2.39. The molecule has 110 valence electrons. The van der Waals surface area contributed by atoms with Gasteiger partial charge in [-0.05, 0) is 49.1 Å². The first-order valence-corrected chi connectivity index (χ1v) is 7.44. The summed E-state index contributed by atoms with van der Waals surface area (Å²) < 4.78 is 5.23. The molecule has 2 aromatic carbocycles. The van der Waals surface area contributed by atoms with E-state index >= 15 is 0 Å². The van der Waals surface area contributed by atoms with E-state index in [1.807, 2.05) is 37.3 Å². The summed E-state index contributed by atoms with van der Waals surface area (Å²) in [6.07, 6.45) is 3.45. The highest BCUT2D eigenvalue weighted by Crippen LogP contribution is 2.20. The van der Waals surface area contributed by atoms with Crippen molar-refractivity contribution in [3.63, 3.8) is 0 Å². The first-order valence-electron chi connectivity index (χ1n) is 7.44. The third-order valence-corrected chi connectivity index (χ3v) is 3.69. The van der Waals surface area contributed by atoms with Crippen LogP contribution in [-0.2, 0) is 6.42 Å². The number of unbranched alkanes of at least 4 members (excludes halogenated alkanes) is 1. The lowest BCUT2D eigenvalue weighted by Gasteiger charge is -2.07. The van der Waals surface area contributed by atoms with Crippen molar-refractivity contribution in [1.29, 1.82) is 0 Å². The highest BCUT2D eigenvalue weighted by molar-refractivity contribution is 6.09. The third kappa shape index (κ3) is 3.72. The molecule has 2 nitrogen and oxygen atoms in total. The normalized spacial score (nSPS) is 10.4. The van der Waals surface area contributed by atoms with Gasteiger partial charge in [0.2, 0.25) is 0 Å². The van der Waals surface area contributed by atoms with Gasteiger partial charge in [-0.2, -0.15) is 0 Å². The zero-order valence-corrected chi connectivity index (χ0v) is 13.0. The number of hydrogen-bond donors (Lipinski definition) is 0. The van der Waals surface area contributed by atoms with Gasteiger partial charge >= 0.3 is 0 Å². The number of carbonyl (C=O) groups is 1. The monoisotopic (exact) mass is 282 g/mol. The van der Waals surface area contributed by atoms with E-state index in [-0.39, 0.29) is 5.78 Å². The minimum Gasteiger partial charge on any atom is -0.496 e. The number of aryl methyl sites for hydroxylation is 2. The molecule has 0 fully saturated rings. The smallest absolute Gasteiger partial charge is 0.193 e. The number of rotatable bonds is 6. The number of carbonyl (C=O) groups excluding carboxylic acids is 1. The van der Waals surface area contributed by atoms with Crippen LogP contribution < -0.4 is 4.74 Å². The Morgan fingerprint density at radius 3 is 2.29 bits per heavy atom. The summed E-state index contributed by atoms with van der Waals surface area (Å²) in [4.78, 5) is 12.5. The molecule has 0 heterocycles. The minimum atomic E-state index is 0.0581. The van der Waals surface area contributed by atoms with Crippen LogP contribution in [0.5, 0.6) is 5.75 Å². The number of ketones is 1. The van der Waals surface area contributed by atoms with Crippen LogP contribution >= 0.6 is 0 Å². The van der Waals surface area contributed by atoms with Crippen molar-refractivity contribution in [2.45, 2.75) is 33.1 Å². The summed E-state index contributed by atoms with van der Waals surface area (Å²) in [6.45, 7) is 4.13. The summed E-state index contributed by atoms with van der Waals surface area (Å²) in [5, 5.41) is 0. The molecule has 2 heteroatoms. The van der Waals surface area contributed by atoms with E-state index in [2.05, 4.69) is 19.1 Å². The van der Waals surface area contributed by atoms with Crippen molar-refractivity contribution in [2.75, 3.05) is 7.11 Å². The van der Waals surface area contributed by atoms with E-state index in [1.165, 1.54) is 18.4 Å². The van der Waals surface area contributed by atoms with Crippen LogP contribution in [0.1, 0.15) is 46.8 Å². The molecule has 0 aromatic heterocycles. The van der Waals surface area contributed by atoms with Crippen LogP contribution in [0, 0.1) is 6.92 Å². The summed E-state index contributed by atoms with van der Waals surface area (Å²) in [5.74, 6) is 0.865. The van der Waals surface area contributed by atoms with Crippen LogP contribution in [0.4, 0.5) is 0 Å². The number of methoxy groups -OCH3 is 1. The summed E-state index contributed by atoms with van der Waals surface area (Å²) in [7, 11) is 1.64. The van der Waals surface area contributed by atoms with Crippen molar-refractivity contribution in [2.24, 2.45) is 0 Å². The molecule has 0 N–H and O–H groups in total. The molecule has 21 heavy (non-hydrogen) atoms. The summed E-state index contributed by atoms with van der Waals surface area (Å²) in [5.41, 5.74) is 3.71. The van der Waals surface area contributed by atoms with Crippen molar-refractivity contribution in [3.8, 4) is 5.75 Å². The lowest BCUT2D eigenvalue weighted by molar-refractivity contribution is 0.103. The van der Waals surface area contributed by atoms with Gasteiger partial charge in [0.05, 0.1) is 7.11 Å². The average molecular weight is 282 g/mol. The standard InChI is InChI=1S/C19H22O2/c1-4-5-6-15-7-9-16(10-8-15)19(20)17-11-12-18(21-3)14(2)13-17/h7-13H,4-6H2,1-3H3. The van der Waals surface area contributed by atoms with Crippen molar-refractivity contribution in [3.05, 3.63) is 64.7 Å². The Balaban J connectivity index is 2.17. The molecule has 0 aliphatic carbocycles. The number of ether oxygens (including phenoxy) is 1. The Bertz CT molecular complexity index is 612. The van der Waals surface area contributed by atoms with Crippen LogP contribution in [0.2, 0.25) is 0 Å². The molecule has 2 rings (SSSR count). The van der Waals surface area contributed by atoms with E-state index in [0.717, 1.165) is 23.3 Å². The Labute approximate surface area is 126 Å². The van der Waals surface area contributed by atoms with Gasteiger partial charge in [-0.25, -0.2) is 0 Å². The topological polar surface area (TPSA) is 26.3 Å². The number of benzene rings is 2. The molecular weight excluding hydrogens is 260 g/mol. The summed E-state index contributed by atoms with van der Waals surface area (Å²) in [6, 6.07) is 13.5. The van der Waals surface area contributed by atoms with E-state index < -0.39 is 0 Å². The fourth-order valence-electron chi connectivity index (χ4n) is 2.39. The molecule has 0 aliphatic heterocycles. The SMILES string of the molecule is CCCCc1ccc(C(=O)c2ccc(OC)c(C)c2)cc1. The van der Waals surface area contributed by atoms with Gasteiger partial charge in [0.1, 0.15) is 5.75 Å². The highest BCUT2D eigenvalue weighted by Gasteiger charge is 2.10. The Morgan fingerprint density at radius 2 is 1.71 bits per heavy atom. The maximum atomic E-state index is 12.5. The zero-order chi connectivity index (χ0) is 15.2. The lowest BCUT2D eigenvalue weighted by atomic mass is 9.99.